The number of piperidine rings is 1. The van der Waals surface area contributed by atoms with Crippen LogP contribution in [0.25, 0.3) is 0 Å². The van der Waals surface area contributed by atoms with Crippen LogP contribution < -0.4 is 10.2 Å². The molecular weight excluding hydrogens is 462 g/mol. The molecule has 0 amide bonds. The average molecular weight is 494 g/mol. The molecule has 1 saturated heterocycles. The van der Waals surface area contributed by atoms with Gasteiger partial charge in [0.2, 0.25) is 0 Å². The van der Waals surface area contributed by atoms with Crippen LogP contribution in [0.2, 0.25) is 0 Å². The molecule has 7 nitrogen and oxygen atoms in total. The number of aliphatic hydroxyl groups excluding tert-OH is 2. The number of nitrogens with one attached hydrogen (secondary N) is 1. The van der Waals surface area contributed by atoms with E-state index in [1.807, 2.05) is 30.3 Å². The minimum Gasteiger partial charge on any atom is -0.396 e. The second kappa shape index (κ2) is 10.9. The van der Waals surface area contributed by atoms with Crippen LogP contribution in [0.15, 0.2) is 60.9 Å². The van der Waals surface area contributed by atoms with Gasteiger partial charge in [-0.05, 0) is 41.7 Å². The van der Waals surface area contributed by atoms with E-state index in [1.165, 1.54) is 11.1 Å². The average Bonchev–Trinajstić information content (AvgIpc) is 2.90. The summed E-state index contributed by atoms with van der Waals surface area (Å²) < 4.78 is 0. The Kier molecular flexibility index (Phi) is 7.48. The van der Waals surface area contributed by atoms with Gasteiger partial charge in [0.25, 0.3) is 0 Å². The van der Waals surface area contributed by atoms with Gasteiger partial charge in [-0.2, -0.15) is 0 Å². The van der Waals surface area contributed by atoms with Crippen LogP contribution in [0, 0.1) is 0 Å². The molecule has 3 atom stereocenters. The Labute approximate surface area is 211 Å². The molecule has 0 aliphatic carbocycles. The Morgan fingerprint density at radius 2 is 1.86 bits per heavy atom. The van der Waals surface area contributed by atoms with Crippen molar-refractivity contribution in [3.05, 3.63) is 77.6 Å². The van der Waals surface area contributed by atoms with Crippen molar-refractivity contribution in [2.75, 3.05) is 42.3 Å². The molecule has 3 N–H and O–H groups in total. The van der Waals surface area contributed by atoms with Crippen molar-refractivity contribution in [2.24, 2.45) is 0 Å². The Bertz CT molecular complexity index is 1120. The molecule has 2 aliphatic rings. The monoisotopic (exact) mass is 493 g/mol. The molecule has 1 fully saturated rings. The molecule has 8 heteroatoms. The van der Waals surface area contributed by atoms with E-state index >= 15 is 0 Å². The fourth-order valence-electron chi connectivity index (χ4n) is 5.17. The van der Waals surface area contributed by atoms with Gasteiger partial charge in [0, 0.05) is 55.8 Å². The van der Waals surface area contributed by atoms with Gasteiger partial charge in [0.05, 0.1) is 12.7 Å². The van der Waals surface area contributed by atoms with Gasteiger partial charge >= 0.3 is 0 Å². The molecule has 184 valence electrons. The summed E-state index contributed by atoms with van der Waals surface area (Å²) in [6.07, 6.45) is 3.05. The number of alkyl halides is 1. The van der Waals surface area contributed by atoms with Crippen molar-refractivity contribution < 1.29 is 10.2 Å². The van der Waals surface area contributed by atoms with E-state index in [9.17, 15) is 10.2 Å². The van der Waals surface area contributed by atoms with E-state index in [0.29, 0.717) is 18.2 Å². The van der Waals surface area contributed by atoms with Crippen molar-refractivity contribution in [2.45, 2.75) is 37.5 Å². The van der Waals surface area contributed by atoms with Crippen LogP contribution in [-0.2, 0) is 13.0 Å². The predicted molar refractivity (Wildman–Crippen MR) is 139 cm³/mol. The van der Waals surface area contributed by atoms with Gasteiger partial charge in [-0.15, -0.1) is 11.6 Å². The van der Waals surface area contributed by atoms with Gasteiger partial charge in [-0.1, -0.05) is 36.4 Å². The van der Waals surface area contributed by atoms with E-state index in [4.69, 9.17) is 11.6 Å². The molecule has 0 bridgehead atoms. The Hall–Kier alpha value is -2.71. The lowest BCUT2D eigenvalue weighted by atomic mass is 9.94. The van der Waals surface area contributed by atoms with E-state index in [2.05, 4.69) is 49.4 Å². The standard InChI is InChI=1S/C27H32ClN5O2/c28-14-22(17-34)20-5-7-23(8-6-20)31-26-13-27(30-18-29-26)33-12-10-24(25(35)16-33)32-11-9-19-3-1-2-4-21(19)15-32/h1-8,13,18,22,24-25,34-35H,9-12,14-17H2,(H,29,30,31)/t22?,24?,25-/m0/s1. The Morgan fingerprint density at radius 1 is 1.06 bits per heavy atom. The summed E-state index contributed by atoms with van der Waals surface area (Å²) >= 11 is 5.93. The topological polar surface area (TPSA) is 84.8 Å². The second-order valence-electron chi connectivity index (χ2n) is 9.40. The van der Waals surface area contributed by atoms with Crippen LogP contribution in [0.1, 0.15) is 29.0 Å². The van der Waals surface area contributed by atoms with Crippen molar-refractivity contribution in [1.82, 2.24) is 14.9 Å². The molecule has 0 saturated carbocycles. The summed E-state index contributed by atoms with van der Waals surface area (Å²) in [4.78, 5) is 13.4. The third-order valence-electron chi connectivity index (χ3n) is 7.21. The fraction of sp³-hybridized carbons (Fsp3) is 0.407. The predicted octanol–water partition coefficient (Wildman–Crippen LogP) is 3.53. The van der Waals surface area contributed by atoms with Gasteiger partial charge in [-0.3, -0.25) is 4.90 Å². The molecule has 35 heavy (non-hydrogen) atoms. The highest BCUT2D eigenvalue weighted by Crippen LogP contribution is 2.28. The summed E-state index contributed by atoms with van der Waals surface area (Å²) in [6.45, 7) is 3.31. The number of β-amino-alcohol motifs (C(OH)–C–C–N with tert-alkyl or cyclic N) is 1. The van der Waals surface area contributed by atoms with Gasteiger partial charge in [0.1, 0.15) is 18.0 Å². The first kappa shape index (κ1) is 24.0. The number of hydrogen-bond donors (Lipinski definition) is 3. The van der Waals surface area contributed by atoms with Crippen LogP contribution in [0.3, 0.4) is 0 Å². The second-order valence-corrected chi connectivity index (χ2v) is 9.71. The number of anilines is 3. The van der Waals surface area contributed by atoms with E-state index in [0.717, 1.165) is 49.5 Å². The molecule has 3 aromatic rings. The SMILES string of the molecule is OCC(CCl)c1ccc(Nc2cc(N3CCC(N4CCc5ccccc5C4)[C@@H](O)C3)ncn2)cc1. The smallest absolute Gasteiger partial charge is 0.135 e. The van der Waals surface area contributed by atoms with Crippen LogP contribution in [0.4, 0.5) is 17.3 Å². The molecule has 2 aliphatic heterocycles. The van der Waals surface area contributed by atoms with Crippen molar-refractivity contribution >= 4 is 28.9 Å². The molecular formula is C27H32ClN5O2. The third kappa shape index (κ3) is 5.43. The van der Waals surface area contributed by atoms with E-state index < -0.39 is 6.10 Å². The molecule has 0 spiro atoms. The number of benzene rings is 2. The van der Waals surface area contributed by atoms with Gasteiger partial charge in [0.15, 0.2) is 0 Å². The number of aromatic nitrogens is 2. The minimum absolute atomic E-state index is 0.0269. The zero-order chi connectivity index (χ0) is 24.2. The summed E-state index contributed by atoms with van der Waals surface area (Å²) in [6, 6.07) is 18.6. The van der Waals surface area contributed by atoms with E-state index in [1.54, 1.807) is 6.33 Å². The summed E-state index contributed by atoms with van der Waals surface area (Å²) in [5.41, 5.74) is 4.71. The van der Waals surface area contributed by atoms with Gasteiger partial charge in [-0.25, -0.2) is 9.97 Å². The molecule has 0 radical (unpaired) electrons. The lowest BCUT2D eigenvalue weighted by Gasteiger charge is -2.43. The Morgan fingerprint density at radius 3 is 2.60 bits per heavy atom. The zero-order valence-corrected chi connectivity index (χ0v) is 20.5. The van der Waals surface area contributed by atoms with Crippen LogP contribution >= 0.6 is 11.6 Å². The number of halogens is 1. The van der Waals surface area contributed by atoms with Crippen LogP contribution in [0.5, 0.6) is 0 Å². The van der Waals surface area contributed by atoms with Crippen molar-refractivity contribution in [1.29, 1.82) is 0 Å². The molecule has 5 rings (SSSR count). The number of hydrogen-bond acceptors (Lipinski definition) is 7. The maximum atomic E-state index is 11.0. The van der Waals surface area contributed by atoms with Crippen molar-refractivity contribution in [3.8, 4) is 0 Å². The van der Waals surface area contributed by atoms with Crippen LogP contribution in [-0.4, -0.2) is 69.3 Å². The molecule has 1 aromatic heterocycles. The first-order valence-electron chi connectivity index (χ1n) is 12.2. The summed E-state index contributed by atoms with van der Waals surface area (Å²) in [5, 5.41) is 23.8. The third-order valence-corrected chi connectivity index (χ3v) is 7.59. The lowest BCUT2D eigenvalue weighted by Crippen LogP contribution is -2.55. The fourth-order valence-corrected chi connectivity index (χ4v) is 5.45. The maximum Gasteiger partial charge on any atom is 0.135 e. The molecule has 2 aromatic carbocycles. The maximum absolute atomic E-state index is 11.0. The number of rotatable bonds is 7. The lowest BCUT2D eigenvalue weighted by molar-refractivity contribution is 0.0293. The molecule has 3 heterocycles. The Balaban J connectivity index is 1.21. The highest BCUT2D eigenvalue weighted by atomic mass is 35.5. The highest BCUT2D eigenvalue weighted by Gasteiger charge is 2.34. The molecule has 2 unspecified atom stereocenters. The largest absolute Gasteiger partial charge is 0.396 e. The summed E-state index contributed by atoms with van der Waals surface area (Å²) in [5.74, 6) is 1.82. The normalized spacial score (nSPS) is 21.4. The highest BCUT2D eigenvalue weighted by molar-refractivity contribution is 6.18. The number of nitrogens with zero attached hydrogens (tertiary/aromatic N) is 4. The number of fused-ring (bicyclic) bond motifs is 1. The first-order chi connectivity index (χ1) is 17.1. The number of aliphatic hydroxyl groups is 2. The van der Waals surface area contributed by atoms with E-state index in [-0.39, 0.29) is 18.6 Å². The van der Waals surface area contributed by atoms with Crippen molar-refractivity contribution in [3.63, 3.8) is 0 Å². The quantitative estimate of drug-likeness (QED) is 0.434. The van der Waals surface area contributed by atoms with Gasteiger partial charge < -0.3 is 20.4 Å². The summed E-state index contributed by atoms with van der Waals surface area (Å²) in [7, 11) is 0. The zero-order valence-electron chi connectivity index (χ0n) is 19.7. The minimum atomic E-state index is -0.436. The first-order valence-corrected chi connectivity index (χ1v) is 12.8.